The van der Waals surface area contributed by atoms with Gasteiger partial charge in [-0.1, -0.05) is 5.21 Å². The molecule has 2 aliphatic rings. The van der Waals surface area contributed by atoms with Crippen LogP contribution in [0.5, 0.6) is 0 Å². The molecule has 1 fully saturated rings. The Morgan fingerprint density at radius 2 is 2.14 bits per heavy atom. The third-order valence-electron chi connectivity index (χ3n) is 4.60. The first kappa shape index (κ1) is 15.9. The molecule has 0 radical (unpaired) electrons. The van der Waals surface area contributed by atoms with Gasteiger partial charge in [0.25, 0.3) is 0 Å². The van der Waals surface area contributed by atoms with Crippen LogP contribution in [0.1, 0.15) is 37.1 Å². The van der Waals surface area contributed by atoms with Crippen LogP contribution in [0.4, 0.5) is 0 Å². The topological polar surface area (TPSA) is 46.4 Å². The quantitative estimate of drug-likeness (QED) is 0.675. The van der Waals surface area contributed by atoms with Crippen molar-refractivity contribution in [3.05, 3.63) is 11.4 Å². The van der Waals surface area contributed by atoms with Gasteiger partial charge in [0, 0.05) is 38.6 Å². The number of rotatable bonds is 8. The first-order valence-corrected chi connectivity index (χ1v) is 8.54. The molecular weight excluding hydrogens is 278 g/mol. The van der Waals surface area contributed by atoms with Crippen LogP contribution in [0.25, 0.3) is 0 Å². The fourth-order valence-corrected chi connectivity index (χ4v) is 3.23. The zero-order chi connectivity index (χ0) is 15.5. The molecule has 1 aromatic rings. The van der Waals surface area contributed by atoms with E-state index in [4.69, 9.17) is 4.74 Å². The van der Waals surface area contributed by atoms with Crippen molar-refractivity contribution in [3.63, 3.8) is 0 Å². The third kappa shape index (κ3) is 3.86. The lowest BCUT2D eigenvalue weighted by Gasteiger charge is -2.32. The third-order valence-corrected chi connectivity index (χ3v) is 4.60. The van der Waals surface area contributed by atoms with E-state index < -0.39 is 0 Å². The SMILES string of the molecule is CCn1nnc2c1[C@H](COCCN(C)C)CN(CC1CC1)C2. The van der Waals surface area contributed by atoms with Crippen LogP contribution in [0.3, 0.4) is 0 Å². The molecule has 22 heavy (non-hydrogen) atoms. The second kappa shape index (κ2) is 7.06. The standard InChI is InChI=1S/C16H29N5O/c1-4-21-16-14(12-22-8-7-19(2)3)10-20(9-13-5-6-13)11-15(16)17-18-21/h13-14H,4-12H2,1-3H3/t14-/m0/s1. The first-order valence-electron chi connectivity index (χ1n) is 8.54. The minimum absolute atomic E-state index is 0.402. The minimum atomic E-state index is 0.402. The van der Waals surface area contributed by atoms with Gasteiger partial charge in [-0.15, -0.1) is 5.10 Å². The average Bonchev–Trinajstić information content (AvgIpc) is 3.20. The molecule has 2 heterocycles. The maximum Gasteiger partial charge on any atom is 0.100 e. The lowest BCUT2D eigenvalue weighted by molar-refractivity contribution is 0.0837. The van der Waals surface area contributed by atoms with Crippen LogP contribution >= 0.6 is 0 Å². The summed E-state index contributed by atoms with van der Waals surface area (Å²) in [5.41, 5.74) is 2.47. The number of likely N-dealkylation sites (N-methyl/N-ethyl adjacent to an activating group) is 1. The molecule has 1 aromatic heterocycles. The van der Waals surface area contributed by atoms with Crippen molar-refractivity contribution in [2.24, 2.45) is 5.92 Å². The Bertz CT molecular complexity index is 483. The highest BCUT2D eigenvalue weighted by atomic mass is 16.5. The van der Waals surface area contributed by atoms with Crippen LogP contribution in [-0.2, 0) is 17.8 Å². The minimum Gasteiger partial charge on any atom is -0.379 e. The van der Waals surface area contributed by atoms with Crippen molar-refractivity contribution in [1.29, 1.82) is 0 Å². The molecule has 0 N–H and O–H groups in total. The highest BCUT2D eigenvalue weighted by Crippen LogP contribution is 2.33. The zero-order valence-electron chi connectivity index (χ0n) is 14.2. The van der Waals surface area contributed by atoms with Gasteiger partial charge in [0.05, 0.1) is 18.9 Å². The van der Waals surface area contributed by atoms with Crippen LogP contribution in [-0.4, -0.2) is 71.7 Å². The summed E-state index contributed by atoms with van der Waals surface area (Å²) in [5.74, 6) is 1.32. The molecular formula is C16H29N5O. The van der Waals surface area contributed by atoms with Gasteiger partial charge in [0.15, 0.2) is 0 Å². The summed E-state index contributed by atoms with van der Waals surface area (Å²) >= 11 is 0. The summed E-state index contributed by atoms with van der Waals surface area (Å²) in [6.07, 6.45) is 2.80. The predicted molar refractivity (Wildman–Crippen MR) is 85.8 cm³/mol. The van der Waals surface area contributed by atoms with E-state index >= 15 is 0 Å². The van der Waals surface area contributed by atoms with Crippen LogP contribution in [0, 0.1) is 5.92 Å². The maximum atomic E-state index is 5.94. The Morgan fingerprint density at radius 3 is 2.82 bits per heavy atom. The van der Waals surface area contributed by atoms with Gasteiger partial charge in [-0.25, -0.2) is 4.68 Å². The molecule has 3 rings (SSSR count). The zero-order valence-corrected chi connectivity index (χ0v) is 14.2. The Labute approximate surface area is 133 Å². The number of ether oxygens (including phenoxy) is 1. The van der Waals surface area contributed by atoms with E-state index in [1.165, 1.54) is 25.1 Å². The maximum absolute atomic E-state index is 5.94. The predicted octanol–water partition coefficient (Wildman–Crippen LogP) is 1.19. The summed E-state index contributed by atoms with van der Waals surface area (Å²) in [6, 6.07) is 0. The van der Waals surface area contributed by atoms with Crippen molar-refractivity contribution in [1.82, 2.24) is 24.8 Å². The highest BCUT2D eigenvalue weighted by Gasteiger charge is 2.33. The summed E-state index contributed by atoms with van der Waals surface area (Å²) in [4.78, 5) is 4.71. The van der Waals surface area contributed by atoms with Gasteiger partial charge in [0.1, 0.15) is 5.69 Å². The smallest absolute Gasteiger partial charge is 0.100 e. The Morgan fingerprint density at radius 1 is 1.32 bits per heavy atom. The fourth-order valence-electron chi connectivity index (χ4n) is 3.23. The summed E-state index contributed by atoms with van der Waals surface area (Å²) in [6.45, 7) is 8.81. The summed E-state index contributed by atoms with van der Waals surface area (Å²) in [5, 5.41) is 8.75. The van der Waals surface area contributed by atoms with Crippen molar-refractivity contribution >= 4 is 0 Å². The van der Waals surface area contributed by atoms with E-state index in [-0.39, 0.29) is 0 Å². The van der Waals surface area contributed by atoms with Gasteiger partial charge in [-0.3, -0.25) is 4.90 Å². The van der Waals surface area contributed by atoms with E-state index in [1.54, 1.807) is 0 Å². The first-order chi connectivity index (χ1) is 10.7. The Kier molecular flexibility index (Phi) is 5.10. The molecule has 0 spiro atoms. The van der Waals surface area contributed by atoms with E-state index in [2.05, 4.69) is 45.8 Å². The van der Waals surface area contributed by atoms with Crippen molar-refractivity contribution in [2.75, 3.05) is 46.9 Å². The van der Waals surface area contributed by atoms with Gasteiger partial charge in [-0.05, 0) is 39.8 Å². The lowest BCUT2D eigenvalue weighted by atomic mass is 9.98. The van der Waals surface area contributed by atoms with Gasteiger partial charge in [0.2, 0.25) is 0 Å². The van der Waals surface area contributed by atoms with Crippen LogP contribution in [0.2, 0.25) is 0 Å². The van der Waals surface area contributed by atoms with Crippen LogP contribution < -0.4 is 0 Å². The van der Waals surface area contributed by atoms with Crippen molar-refractivity contribution < 1.29 is 4.74 Å². The van der Waals surface area contributed by atoms with E-state index in [9.17, 15) is 0 Å². The van der Waals surface area contributed by atoms with Gasteiger partial charge >= 0.3 is 0 Å². The molecule has 6 heteroatoms. The molecule has 124 valence electrons. The number of hydrogen-bond acceptors (Lipinski definition) is 5. The molecule has 0 amide bonds. The second-order valence-corrected chi connectivity index (χ2v) is 6.95. The number of fused-ring (bicyclic) bond motifs is 1. The molecule has 1 saturated carbocycles. The lowest BCUT2D eigenvalue weighted by Crippen LogP contribution is -2.38. The molecule has 1 aliphatic heterocycles. The number of aryl methyl sites for hydroxylation is 1. The molecule has 1 aliphatic carbocycles. The van der Waals surface area contributed by atoms with Crippen molar-refractivity contribution in [2.45, 2.75) is 38.8 Å². The van der Waals surface area contributed by atoms with Crippen LogP contribution in [0.15, 0.2) is 0 Å². The second-order valence-electron chi connectivity index (χ2n) is 6.95. The van der Waals surface area contributed by atoms with Gasteiger partial charge < -0.3 is 9.64 Å². The molecule has 1 atom stereocenters. The molecule has 0 unspecified atom stereocenters. The Hall–Kier alpha value is -0.980. The average molecular weight is 307 g/mol. The van der Waals surface area contributed by atoms with Gasteiger partial charge in [-0.2, -0.15) is 0 Å². The largest absolute Gasteiger partial charge is 0.379 e. The van der Waals surface area contributed by atoms with E-state index in [0.29, 0.717) is 5.92 Å². The normalized spacial score (nSPS) is 22.3. The molecule has 0 saturated heterocycles. The van der Waals surface area contributed by atoms with E-state index in [0.717, 1.165) is 51.0 Å². The number of nitrogens with zero attached hydrogens (tertiary/aromatic N) is 5. The fraction of sp³-hybridized carbons (Fsp3) is 0.875. The summed E-state index contributed by atoms with van der Waals surface area (Å²) in [7, 11) is 4.16. The molecule has 0 aromatic carbocycles. The monoisotopic (exact) mass is 307 g/mol. The molecule has 6 nitrogen and oxygen atoms in total. The number of aromatic nitrogens is 3. The number of hydrogen-bond donors (Lipinski definition) is 0. The van der Waals surface area contributed by atoms with Crippen molar-refractivity contribution in [3.8, 4) is 0 Å². The Balaban J connectivity index is 1.64. The highest BCUT2D eigenvalue weighted by molar-refractivity contribution is 5.20. The summed E-state index contributed by atoms with van der Waals surface area (Å²) < 4.78 is 8.00. The molecule has 0 bridgehead atoms. The van der Waals surface area contributed by atoms with E-state index in [1.807, 2.05) is 0 Å².